The van der Waals surface area contributed by atoms with Crippen LogP contribution in [0, 0.1) is 5.41 Å². The van der Waals surface area contributed by atoms with E-state index in [1.54, 1.807) is 0 Å². The fraction of sp³-hybridized carbons (Fsp3) is 0.938. The molecule has 0 heterocycles. The Morgan fingerprint density at radius 3 is 1.83 bits per heavy atom. The van der Waals surface area contributed by atoms with Crippen molar-refractivity contribution in [3.05, 3.63) is 0 Å². The normalized spacial score (nSPS) is 15.6. The summed E-state index contributed by atoms with van der Waals surface area (Å²) in [4.78, 5) is 10.9. The predicted octanol–water partition coefficient (Wildman–Crippen LogP) is 5.61. The zero-order valence-electron chi connectivity index (χ0n) is 15.3. The Balaban J connectivity index is 5.80. The summed E-state index contributed by atoms with van der Waals surface area (Å²) < 4.78 is 47.5. The van der Waals surface area contributed by atoms with E-state index in [4.69, 9.17) is 9.53 Å². The van der Waals surface area contributed by atoms with Crippen molar-refractivity contribution in [2.24, 2.45) is 5.41 Å². The molecule has 0 aromatic rings. The highest BCUT2D eigenvalue weighted by molar-refractivity contribution is 6.74. The molecule has 0 saturated carbocycles. The van der Waals surface area contributed by atoms with E-state index in [-0.39, 0.29) is 30.7 Å². The van der Waals surface area contributed by atoms with Gasteiger partial charge in [-0.15, -0.1) is 0 Å². The predicted molar refractivity (Wildman–Crippen MR) is 88.0 cm³/mol. The van der Waals surface area contributed by atoms with Crippen LogP contribution in [0.2, 0.25) is 18.1 Å². The zero-order valence-corrected chi connectivity index (χ0v) is 16.3. The van der Waals surface area contributed by atoms with Crippen molar-refractivity contribution in [1.82, 2.24) is 0 Å². The standard InChI is InChI=1S/C16H31F3O3Si/c1-8-15(9-2,16(17,18)19)12(10-11-13(20)21)22-23(6,7)14(3,4)5/h12H,8-11H2,1-7H3,(H,20,21). The van der Waals surface area contributed by atoms with Gasteiger partial charge in [-0.1, -0.05) is 34.6 Å². The maximum Gasteiger partial charge on any atom is 0.396 e. The molecular weight excluding hydrogens is 325 g/mol. The van der Waals surface area contributed by atoms with Crippen LogP contribution in [0.1, 0.15) is 60.3 Å². The van der Waals surface area contributed by atoms with Gasteiger partial charge in [0.1, 0.15) is 0 Å². The number of rotatable bonds is 8. The number of halogens is 3. The first-order valence-corrected chi connectivity index (χ1v) is 11.0. The first-order valence-electron chi connectivity index (χ1n) is 8.11. The van der Waals surface area contributed by atoms with Crippen LogP contribution in [-0.2, 0) is 9.22 Å². The van der Waals surface area contributed by atoms with Gasteiger partial charge in [0.2, 0.25) is 0 Å². The topological polar surface area (TPSA) is 46.5 Å². The molecule has 1 atom stereocenters. The second-order valence-corrected chi connectivity index (χ2v) is 12.4. The number of aliphatic carboxylic acids is 1. The van der Waals surface area contributed by atoms with E-state index in [0.717, 1.165) is 0 Å². The Morgan fingerprint density at radius 1 is 1.13 bits per heavy atom. The number of hydrogen-bond acceptors (Lipinski definition) is 2. The summed E-state index contributed by atoms with van der Waals surface area (Å²) in [6.07, 6.45) is -6.24. The van der Waals surface area contributed by atoms with Gasteiger partial charge in [-0.2, -0.15) is 13.2 Å². The zero-order chi connectivity index (χ0) is 18.7. The average molecular weight is 357 g/mol. The molecule has 1 unspecified atom stereocenters. The van der Waals surface area contributed by atoms with E-state index in [0.29, 0.717) is 0 Å². The molecule has 3 nitrogen and oxygen atoms in total. The molecule has 0 bridgehead atoms. The molecule has 0 amide bonds. The van der Waals surface area contributed by atoms with Crippen molar-refractivity contribution in [3.8, 4) is 0 Å². The second kappa shape index (κ2) is 7.55. The first kappa shape index (κ1) is 22.4. The summed E-state index contributed by atoms with van der Waals surface area (Å²) in [6.45, 7) is 12.7. The summed E-state index contributed by atoms with van der Waals surface area (Å²) in [5.41, 5.74) is -2.00. The van der Waals surface area contributed by atoms with Crippen LogP contribution in [-0.4, -0.2) is 31.7 Å². The van der Waals surface area contributed by atoms with Crippen molar-refractivity contribution in [3.63, 3.8) is 0 Å². The largest absolute Gasteiger partial charge is 0.481 e. The van der Waals surface area contributed by atoms with E-state index in [9.17, 15) is 18.0 Å². The maximum atomic E-state index is 13.8. The summed E-state index contributed by atoms with van der Waals surface area (Å²) in [6, 6.07) is 0. The fourth-order valence-electron chi connectivity index (χ4n) is 2.52. The Morgan fingerprint density at radius 2 is 1.57 bits per heavy atom. The molecule has 23 heavy (non-hydrogen) atoms. The van der Waals surface area contributed by atoms with Crippen LogP contribution in [0.25, 0.3) is 0 Å². The third kappa shape index (κ3) is 5.21. The van der Waals surface area contributed by atoms with Crippen LogP contribution in [0.5, 0.6) is 0 Å². The number of carboxylic acid groups (broad SMARTS) is 1. The van der Waals surface area contributed by atoms with Gasteiger partial charge in [-0.3, -0.25) is 4.79 Å². The minimum atomic E-state index is -4.43. The van der Waals surface area contributed by atoms with E-state index < -0.39 is 32.0 Å². The lowest BCUT2D eigenvalue weighted by Gasteiger charge is -2.47. The van der Waals surface area contributed by atoms with Crippen LogP contribution in [0.4, 0.5) is 13.2 Å². The second-order valence-electron chi connectivity index (χ2n) is 7.66. The fourth-order valence-corrected chi connectivity index (χ4v) is 3.93. The van der Waals surface area contributed by atoms with Crippen LogP contribution in [0.15, 0.2) is 0 Å². The maximum absolute atomic E-state index is 13.8. The van der Waals surface area contributed by atoms with Gasteiger partial charge >= 0.3 is 12.1 Å². The summed E-state index contributed by atoms with van der Waals surface area (Å²) in [5, 5.41) is 8.67. The lowest BCUT2D eigenvalue weighted by atomic mass is 9.74. The van der Waals surface area contributed by atoms with Crippen molar-refractivity contribution in [2.75, 3.05) is 0 Å². The highest BCUT2D eigenvalue weighted by Crippen LogP contribution is 2.51. The molecule has 0 aliphatic rings. The van der Waals surface area contributed by atoms with E-state index in [1.165, 1.54) is 13.8 Å². The average Bonchev–Trinajstić information content (AvgIpc) is 2.34. The van der Waals surface area contributed by atoms with Crippen LogP contribution in [0.3, 0.4) is 0 Å². The monoisotopic (exact) mass is 356 g/mol. The highest BCUT2D eigenvalue weighted by atomic mass is 28.4. The summed E-state index contributed by atoms with van der Waals surface area (Å²) in [7, 11) is -2.45. The Kier molecular flexibility index (Phi) is 7.37. The minimum Gasteiger partial charge on any atom is -0.481 e. The molecule has 0 rings (SSSR count). The van der Waals surface area contributed by atoms with E-state index >= 15 is 0 Å². The molecule has 1 N–H and O–H groups in total. The molecule has 138 valence electrons. The van der Waals surface area contributed by atoms with Crippen LogP contribution >= 0.6 is 0 Å². The summed E-state index contributed by atoms with van der Waals surface area (Å²) >= 11 is 0. The van der Waals surface area contributed by atoms with E-state index in [1.807, 2.05) is 33.9 Å². The van der Waals surface area contributed by atoms with Gasteiger partial charge in [0.05, 0.1) is 11.5 Å². The lowest BCUT2D eigenvalue weighted by molar-refractivity contribution is -0.256. The molecule has 0 spiro atoms. The van der Waals surface area contributed by atoms with Gasteiger partial charge in [0.15, 0.2) is 8.32 Å². The SMILES string of the molecule is CCC(CC)(C(CCC(=O)O)O[Si](C)(C)C(C)(C)C)C(F)(F)F. The molecule has 7 heteroatoms. The van der Waals surface area contributed by atoms with Gasteiger partial charge in [0, 0.05) is 6.42 Å². The summed E-state index contributed by atoms with van der Waals surface area (Å²) in [5.74, 6) is -1.10. The molecule has 0 radical (unpaired) electrons. The van der Waals surface area contributed by atoms with Gasteiger partial charge < -0.3 is 9.53 Å². The molecule has 0 aliphatic carbocycles. The van der Waals surface area contributed by atoms with Gasteiger partial charge in [0.25, 0.3) is 0 Å². The minimum absolute atomic E-state index is 0.119. The molecule has 0 aromatic heterocycles. The van der Waals surface area contributed by atoms with Crippen molar-refractivity contribution in [2.45, 2.75) is 90.7 Å². The molecule has 0 saturated heterocycles. The van der Waals surface area contributed by atoms with Crippen LogP contribution < -0.4 is 0 Å². The molecule has 0 aromatic carbocycles. The molecular formula is C16H31F3O3Si. The lowest BCUT2D eigenvalue weighted by Crippen LogP contribution is -2.54. The first-order chi connectivity index (χ1) is 10.1. The Bertz CT molecular complexity index is 396. The number of alkyl halides is 3. The van der Waals surface area contributed by atoms with Gasteiger partial charge in [-0.25, -0.2) is 0 Å². The smallest absolute Gasteiger partial charge is 0.396 e. The van der Waals surface area contributed by atoms with E-state index in [2.05, 4.69) is 0 Å². The third-order valence-corrected chi connectivity index (χ3v) is 9.79. The highest BCUT2D eigenvalue weighted by Gasteiger charge is 2.58. The van der Waals surface area contributed by atoms with Crippen molar-refractivity contribution in [1.29, 1.82) is 0 Å². The number of carboxylic acids is 1. The molecule has 0 aliphatic heterocycles. The molecule has 0 fully saturated rings. The van der Waals surface area contributed by atoms with Gasteiger partial charge in [-0.05, 0) is 37.4 Å². The third-order valence-electron chi connectivity index (χ3n) is 5.31. The Hall–Kier alpha value is -0.563. The quantitative estimate of drug-likeness (QED) is 0.575. The van der Waals surface area contributed by atoms with Crippen molar-refractivity contribution < 1.29 is 27.5 Å². The number of hydrogen-bond donors (Lipinski definition) is 1. The Labute approximate surface area is 138 Å². The number of carbonyl (C=O) groups is 1. The van der Waals surface area contributed by atoms with Crippen molar-refractivity contribution >= 4 is 14.3 Å².